The second-order valence-corrected chi connectivity index (χ2v) is 8.66. The molecule has 0 radical (unpaired) electrons. The van der Waals surface area contributed by atoms with Gasteiger partial charge in [-0.2, -0.15) is 41.4 Å². The van der Waals surface area contributed by atoms with E-state index in [0.29, 0.717) is 25.1 Å². The molecule has 2 saturated heterocycles. The van der Waals surface area contributed by atoms with Crippen LogP contribution in [0.4, 0.5) is 33.8 Å². The monoisotopic (exact) mass is 515 g/mol. The van der Waals surface area contributed by atoms with Gasteiger partial charge in [-0.1, -0.05) is 0 Å². The van der Waals surface area contributed by atoms with E-state index in [9.17, 15) is 26.7 Å². The number of aromatic nitrogens is 5. The molecule has 5 rings (SSSR count). The molecule has 0 spiro atoms. The maximum atomic E-state index is 13.4. The summed E-state index contributed by atoms with van der Waals surface area (Å²) in [6.45, 7) is -1.06. The molecular weight excluding hydrogens is 493 g/mol. The van der Waals surface area contributed by atoms with Crippen LogP contribution in [0.15, 0.2) is 22.8 Å². The summed E-state index contributed by atoms with van der Waals surface area (Å²) in [4.78, 5) is 30.5. The van der Waals surface area contributed by atoms with Gasteiger partial charge in [0.2, 0.25) is 23.6 Å². The predicted octanol–water partition coefficient (Wildman–Crippen LogP) is 1.67. The minimum absolute atomic E-state index is 0.0117. The fourth-order valence-electron chi connectivity index (χ4n) is 4.40. The van der Waals surface area contributed by atoms with Crippen LogP contribution in [0.2, 0.25) is 0 Å². The molecule has 16 heteroatoms. The van der Waals surface area contributed by atoms with Gasteiger partial charge >= 0.3 is 12.1 Å². The Kier molecular flexibility index (Phi) is 5.92. The Morgan fingerprint density at radius 2 is 1.83 bits per heavy atom. The van der Waals surface area contributed by atoms with Crippen molar-refractivity contribution >= 4 is 23.6 Å². The highest BCUT2D eigenvalue weighted by atomic mass is 19.4. The molecule has 2 fully saturated rings. The van der Waals surface area contributed by atoms with Crippen LogP contribution in [-0.4, -0.2) is 97.7 Å². The summed E-state index contributed by atoms with van der Waals surface area (Å²) < 4.78 is 70.9. The number of amides is 1. The maximum absolute atomic E-state index is 13.4. The topological polar surface area (TPSA) is 122 Å². The maximum Gasteiger partial charge on any atom is 0.454 e. The van der Waals surface area contributed by atoms with E-state index in [4.69, 9.17) is 10.2 Å². The molecule has 36 heavy (non-hydrogen) atoms. The summed E-state index contributed by atoms with van der Waals surface area (Å²) in [5, 5.41) is 4.24. The SMILES string of the molecule is Nc1nc(N2CCC[C@H]2C(=O)N2CCN(CC(F)(F)C(F)(F)F)CC2)nc2nc(-c3ccco3)nn12. The first-order chi connectivity index (χ1) is 17.0. The largest absolute Gasteiger partial charge is 0.461 e. The number of anilines is 2. The Hall–Kier alpha value is -3.56. The number of carbonyl (C=O) groups excluding carboxylic acids is 1. The van der Waals surface area contributed by atoms with Crippen molar-refractivity contribution in [3.63, 3.8) is 0 Å². The van der Waals surface area contributed by atoms with Crippen LogP contribution in [0, 0.1) is 0 Å². The summed E-state index contributed by atoms with van der Waals surface area (Å²) in [6.07, 6.45) is -2.96. The first kappa shape index (κ1) is 24.1. The normalized spacial score (nSPS) is 20.0. The minimum Gasteiger partial charge on any atom is -0.461 e. The summed E-state index contributed by atoms with van der Waals surface area (Å²) >= 11 is 0. The molecule has 194 valence electrons. The summed E-state index contributed by atoms with van der Waals surface area (Å²) in [5.74, 6) is -4.02. The smallest absolute Gasteiger partial charge is 0.454 e. The predicted molar refractivity (Wildman–Crippen MR) is 115 cm³/mol. The van der Waals surface area contributed by atoms with Crippen LogP contribution < -0.4 is 10.6 Å². The zero-order valence-corrected chi connectivity index (χ0v) is 18.8. The number of fused-ring (bicyclic) bond motifs is 1. The third-order valence-corrected chi connectivity index (χ3v) is 6.28. The third kappa shape index (κ3) is 4.40. The van der Waals surface area contributed by atoms with Gasteiger partial charge < -0.3 is 20.0 Å². The molecule has 0 bridgehead atoms. The van der Waals surface area contributed by atoms with Gasteiger partial charge in [-0.3, -0.25) is 9.69 Å². The lowest BCUT2D eigenvalue weighted by molar-refractivity contribution is -0.287. The van der Waals surface area contributed by atoms with Crippen LogP contribution in [-0.2, 0) is 4.79 Å². The number of halogens is 5. The highest BCUT2D eigenvalue weighted by molar-refractivity contribution is 5.85. The Morgan fingerprint density at radius 1 is 1.08 bits per heavy atom. The molecule has 0 saturated carbocycles. The van der Waals surface area contributed by atoms with Crippen molar-refractivity contribution in [2.75, 3.05) is 49.9 Å². The molecule has 2 N–H and O–H groups in total. The van der Waals surface area contributed by atoms with Gasteiger partial charge in [0.05, 0.1) is 12.8 Å². The zero-order chi connectivity index (χ0) is 25.7. The lowest BCUT2D eigenvalue weighted by Gasteiger charge is -2.38. The van der Waals surface area contributed by atoms with Gasteiger partial charge in [-0.25, -0.2) is 0 Å². The highest BCUT2D eigenvalue weighted by Gasteiger charge is 2.58. The molecule has 0 unspecified atom stereocenters. The summed E-state index contributed by atoms with van der Waals surface area (Å²) in [6, 6.07) is 2.74. The molecule has 1 atom stereocenters. The van der Waals surface area contributed by atoms with Crippen molar-refractivity contribution in [3.05, 3.63) is 18.4 Å². The Bertz CT molecular complexity index is 1240. The number of furan rings is 1. The number of nitrogens with zero attached hydrogens (tertiary/aromatic N) is 8. The average Bonchev–Trinajstić information content (AvgIpc) is 3.58. The average molecular weight is 515 g/mol. The van der Waals surface area contributed by atoms with Crippen LogP contribution in [0.25, 0.3) is 17.4 Å². The lowest BCUT2D eigenvalue weighted by Crippen LogP contribution is -2.57. The molecule has 3 aromatic rings. The van der Waals surface area contributed by atoms with E-state index in [1.165, 1.54) is 15.7 Å². The number of alkyl halides is 5. The number of hydrogen-bond donors (Lipinski definition) is 1. The molecule has 3 aromatic heterocycles. The summed E-state index contributed by atoms with van der Waals surface area (Å²) in [7, 11) is 0. The number of nitrogen functional groups attached to an aromatic ring is 1. The molecule has 5 heterocycles. The number of hydrogen-bond acceptors (Lipinski definition) is 9. The van der Waals surface area contributed by atoms with Gasteiger partial charge in [-0.05, 0) is 25.0 Å². The van der Waals surface area contributed by atoms with Crippen molar-refractivity contribution in [2.45, 2.75) is 31.0 Å². The van der Waals surface area contributed by atoms with Gasteiger partial charge in [0.1, 0.15) is 6.04 Å². The Labute approximate surface area is 200 Å². The first-order valence-electron chi connectivity index (χ1n) is 11.2. The van der Waals surface area contributed by atoms with Crippen molar-refractivity contribution in [3.8, 4) is 11.6 Å². The van der Waals surface area contributed by atoms with E-state index in [2.05, 4.69) is 20.1 Å². The molecule has 11 nitrogen and oxygen atoms in total. The van der Waals surface area contributed by atoms with E-state index < -0.39 is 24.7 Å². The van der Waals surface area contributed by atoms with E-state index in [-0.39, 0.29) is 55.6 Å². The van der Waals surface area contributed by atoms with Crippen molar-refractivity contribution in [1.29, 1.82) is 0 Å². The first-order valence-corrected chi connectivity index (χ1v) is 11.2. The van der Waals surface area contributed by atoms with E-state index in [1.807, 2.05) is 0 Å². The lowest BCUT2D eigenvalue weighted by atomic mass is 10.1. The second kappa shape index (κ2) is 8.83. The van der Waals surface area contributed by atoms with Gasteiger partial charge in [0.25, 0.3) is 5.78 Å². The molecule has 1 amide bonds. The van der Waals surface area contributed by atoms with E-state index in [1.54, 1.807) is 17.0 Å². The van der Waals surface area contributed by atoms with Gasteiger partial charge in [0, 0.05) is 32.7 Å². The molecule has 0 aliphatic carbocycles. The number of piperazine rings is 1. The quantitative estimate of drug-likeness (QED) is 0.506. The van der Waals surface area contributed by atoms with Gasteiger partial charge in [0.15, 0.2) is 5.76 Å². The van der Waals surface area contributed by atoms with Gasteiger partial charge in [-0.15, -0.1) is 5.10 Å². The van der Waals surface area contributed by atoms with Crippen molar-refractivity contribution < 1.29 is 31.2 Å². The fraction of sp³-hybridized carbons (Fsp3) is 0.550. The van der Waals surface area contributed by atoms with Crippen LogP contribution >= 0.6 is 0 Å². The Balaban J connectivity index is 1.28. The number of nitrogens with two attached hydrogens (primary N) is 1. The van der Waals surface area contributed by atoms with Crippen molar-refractivity contribution in [1.82, 2.24) is 34.4 Å². The standard InChI is InChI=1S/C20H22F5N9O2/c21-19(22,20(23,24)25)11-31-6-8-32(9-7-31)15(35)12-3-1-5-33(12)17-28-16(26)34-18(29-17)27-14(30-34)13-4-2-10-36-13/h2,4,10,12H,1,3,5-9,11H2,(H2,26,27,28,29,30)/t12-/m0/s1. The number of rotatable bonds is 5. The van der Waals surface area contributed by atoms with Crippen LogP contribution in [0.3, 0.4) is 0 Å². The third-order valence-electron chi connectivity index (χ3n) is 6.28. The van der Waals surface area contributed by atoms with Crippen molar-refractivity contribution in [2.24, 2.45) is 0 Å². The second-order valence-electron chi connectivity index (χ2n) is 8.66. The molecule has 0 aromatic carbocycles. The minimum atomic E-state index is -5.61. The zero-order valence-electron chi connectivity index (χ0n) is 18.8. The van der Waals surface area contributed by atoms with E-state index >= 15 is 0 Å². The number of carbonyl (C=O) groups is 1. The Morgan fingerprint density at radius 3 is 2.50 bits per heavy atom. The fourth-order valence-corrected chi connectivity index (χ4v) is 4.40. The van der Waals surface area contributed by atoms with E-state index in [0.717, 1.165) is 4.90 Å². The van der Waals surface area contributed by atoms with Crippen LogP contribution in [0.1, 0.15) is 12.8 Å². The highest BCUT2D eigenvalue weighted by Crippen LogP contribution is 2.36. The molecule has 2 aliphatic rings. The molecular formula is C20H22F5N9O2. The molecule has 2 aliphatic heterocycles. The van der Waals surface area contributed by atoms with Crippen LogP contribution in [0.5, 0.6) is 0 Å². The summed E-state index contributed by atoms with van der Waals surface area (Å²) in [5.41, 5.74) is 6.06.